The molecule has 19 heavy (non-hydrogen) atoms. The van der Waals surface area contributed by atoms with Crippen LogP contribution in [-0.4, -0.2) is 28.1 Å². The van der Waals surface area contributed by atoms with E-state index in [2.05, 4.69) is 15.1 Å². The van der Waals surface area contributed by atoms with Crippen LogP contribution in [0.5, 0.6) is 0 Å². The molecule has 0 saturated heterocycles. The maximum Gasteiger partial charge on any atom is 0.232 e. The summed E-state index contributed by atoms with van der Waals surface area (Å²) in [5, 5.41) is 3.70. The summed E-state index contributed by atoms with van der Waals surface area (Å²) in [6, 6.07) is 0. The molecule has 0 saturated carbocycles. The second-order valence-electron chi connectivity index (χ2n) is 5.35. The van der Waals surface area contributed by atoms with Gasteiger partial charge in [0.2, 0.25) is 20.9 Å². The van der Waals surface area contributed by atoms with Crippen molar-refractivity contribution in [3.63, 3.8) is 0 Å². The van der Waals surface area contributed by atoms with Crippen molar-refractivity contribution in [3.8, 4) is 0 Å². The molecule has 8 heteroatoms. The molecule has 2 rings (SSSR count). The maximum atomic E-state index is 12.1. The third-order valence-corrected chi connectivity index (χ3v) is 4.07. The van der Waals surface area contributed by atoms with Crippen LogP contribution in [0.4, 0.5) is 0 Å². The van der Waals surface area contributed by atoms with E-state index in [4.69, 9.17) is 4.52 Å². The number of hydrogen-bond acceptors (Lipinski definition) is 6. The van der Waals surface area contributed by atoms with Gasteiger partial charge in [0.05, 0.1) is 0 Å². The Morgan fingerprint density at radius 2 is 2.05 bits per heavy atom. The van der Waals surface area contributed by atoms with E-state index in [1.54, 1.807) is 13.2 Å². The van der Waals surface area contributed by atoms with Gasteiger partial charge in [0.15, 0.2) is 5.82 Å². The number of sulfone groups is 1. The van der Waals surface area contributed by atoms with Crippen LogP contribution >= 0.6 is 0 Å². The highest BCUT2D eigenvalue weighted by molar-refractivity contribution is 7.90. The smallest absolute Gasteiger partial charge is 0.232 e. The Morgan fingerprint density at radius 1 is 1.37 bits per heavy atom. The molecule has 2 heterocycles. The highest BCUT2D eigenvalue weighted by atomic mass is 32.2. The number of imidazole rings is 1. The summed E-state index contributed by atoms with van der Waals surface area (Å²) < 4.78 is 30.8. The van der Waals surface area contributed by atoms with Gasteiger partial charge >= 0.3 is 0 Å². The predicted molar refractivity (Wildman–Crippen MR) is 67.1 cm³/mol. The van der Waals surface area contributed by atoms with Crippen molar-refractivity contribution in [2.45, 2.75) is 37.1 Å². The summed E-state index contributed by atoms with van der Waals surface area (Å²) in [5.74, 6) is 0.239. The predicted octanol–water partition coefficient (Wildman–Crippen LogP) is 1.07. The Hall–Kier alpha value is -1.70. The van der Waals surface area contributed by atoms with Crippen LogP contribution in [0.2, 0.25) is 0 Å². The molecule has 0 spiro atoms. The van der Waals surface area contributed by atoms with E-state index in [9.17, 15) is 8.42 Å². The Labute approximate surface area is 111 Å². The first kappa shape index (κ1) is 13.7. The van der Waals surface area contributed by atoms with E-state index in [1.807, 2.05) is 20.8 Å². The van der Waals surface area contributed by atoms with E-state index < -0.39 is 9.84 Å². The van der Waals surface area contributed by atoms with Gasteiger partial charge in [-0.15, -0.1) is 0 Å². The molecule has 0 amide bonds. The molecule has 0 aliphatic heterocycles. The highest BCUT2D eigenvalue weighted by Gasteiger charge is 2.26. The molecular formula is C11H16N4O3S. The number of aromatic nitrogens is 4. The third-order valence-electron chi connectivity index (χ3n) is 2.48. The van der Waals surface area contributed by atoms with Gasteiger partial charge in [-0.3, -0.25) is 0 Å². The average molecular weight is 284 g/mol. The molecule has 0 radical (unpaired) electrons. The van der Waals surface area contributed by atoms with Crippen LogP contribution in [0.1, 0.15) is 32.5 Å². The van der Waals surface area contributed by atoms with Crippen LogP contribution in [0.3, 0.4) is 0 Å². The fraction of sp³-hybridized carbons (Fsp3) is 0.545. The lowest BCUT2D eigenvalue weighted by Gasteiger charge is -2.10. The number of aryl methyl sites for hydroxylation is 1. The molecule has 0 aliphatic rings. The molecule has 0 aromatic carbocycles. The zero-order valence-corrected chi connectivity index (χ0v) is 12.1. The van der Waals surface area contributed by atoms with E-state index in [-0.39, 0.29) is 22.1 Å². The van der Waals surface area contributed by atoms with Gasteiger partial charge < -0.3 is 9.09 Å². The summed E-state index contributed by atoms with van der Waals surface area (Å²) in [5.41, 5.74) is -0.307. The fourth-order valence-corrected chi connectivity index (χ4v) is 2.81. The minimum Gasteiger partial charge on any atom is -0.339 e. The van der Waals surface area contributed by atoms with Crippen molar-refractivity contribution in [1.29, 1.82) is 0 Å². The van der Waals surface area contributed by atoms with E-state index in [0.29, 0.717) is 5.89 Å². The van der Waals surface area contributed by atoms with Crippen LogP contribution in [0.15, 0.2) is 22.1 Å². The van der Waals surface area contributed by atoms with Crippen molar-refractivity contribution in [2.24, 2.45) is 7.05 Å². The molecule has 0 N–H and O–H groups in total. The average Bonchev–Trinajstić information content (AvgIpc) is 2.85. The third kappa shape index (κ3) is 2.83. The van der Waals surface area contributed by atoms with Crippen molar-refractivity contribution in [1.82, 2.24) is 19.7 Å². The van der Waals surface area contributed by atoms with Crippen LogP contribution < -0.4 is 0 Å². The van der Waals surface area contributed by atoms with Crippen molar-refractivity contribution in [2.75, 3.05) is 0 Å². The van der Waals surface area contributed by atoms with Gasteiger partial charge in [0.1, 0.15) is 5.75 Å². The molecular weight excluding hydrogens is 268 g/mol. The van der Waals surface area contributed by atoms with Gasteiger partial charge in [-0.2, -0.15) is 4.98 Å². The minimum absolute atomic E-state index is 0.00499. The summed E-state index contributed by atoms with van der Waals surface area (Å²) in [7, 11) is -1.94. The Morgan fingerprint density at radius 3 is 2.53 bits per heavy atom. The van der Waals surface area contributed by atoms with Gasteiger partial charge in [-0.1, -0.05) is 25.9 Å². The van der Waals surface area contributed by atoms with Crippen molar-refractivity contribution in [3.05, 3.63) is 24.1 Å². The summed E-state index contributed by atoms with van der Waals surface area (Å²) in [4.78, 5) is 7.94. The van der Waals surface area contributed by atoms with Gasteiger partial charge in [0, 0.05) is 24.9 Å². The van der Waals surface area contributed by atoms with Crippen molar-refractivity contribution >= 4 is 9.84 Å². The largest absolute Gasteiger partial charge is 0.339 e. The second-order valence-corrected chi connectivity index (χ2v) is 7.23. The highest BCUT2D eigenvalue weighted by Crippen LogP contribution is 2.21. The SMILES string of the molecule is Cn1ccnc1S(=O)(=O)Cc1noc(C(C)(C)C)n1. The maximum absolute atomic E-state index is 12.1. The van der Waals surface area contributed by atoms with Crippen LogP contribution in [0.25, 0.3) is 0 Å². The molecule has 7 nitrogen and oxygen atoms in total. The second kappa shape index (κ2) is 4.44. The first-order chi connectivity index (χ1) is 8.70. The molecule has 2 aromatic heterocycles. The van der Waals surface area contributed by atoms with Crippen LogP contribution in [-0.2, 0) is 28.1 Å². The Balaban J connectivity index is 2.27. The first-order valence-electron chi connectivity index (χ1n) is 5.73. The van der Waals surface area contributed by atoms with E-state index in [0.717, 1.165) is 0 Å². The van der Waals surface area contributed by atoms with Gasteiger partial charge in [-0.25, -0.2) is 13.4 Å². The number of nitrogens with zero attached hydrogens (tertiary/aromatic N) is 4. The fourth-order valence-electron chi connectivity index (χ4n) is 1.50. The molecule has 0 aliphatic carbocycles. The number of rotatable bonds is 3. The van der Waals surface area contributed by atoms with E-state index >= 15 is 0 Å². The van der Waals surface area contributed by atoms with Gasteiger partial charge in [-0.05, 0) is 0 Å². The van der Waals surface area contributed by atoms with Crippen LogP contribution in [0, 0.1) is 0 Å². The lowest BCUT2D eigenvalue weighted by Crippen LogP contribution is -2.13. The molecule has 2 aromatic rings. The summed E-state index contributed by atoms with van der Waals surface area (Å²) in [6.45, 7) is 5.74. The molecule has 0 unspecified atom stereocenters. The Bertz CT molecular complexity index is 679. The van der Waals surface area contributed by atoms with E-state index in [1.165, 1.54) is 10.8 Å². The first-order valence-corrected chi connectivity index (χ1v) is 7.38. The normalized spacial score (nSPS) is 12.8. The number of hydrogen-bond donors (Lipinski definition) is 0. The van der Waals surface area contributed by atoms with Crippen molar-refractivity contribution < 1.29 is 12.9 Å². The molecule has 0 atom stereocenters. The zero-order chi connectivity index (χ0) is 14.3. The lowest BCUT2D eigenvalue weighted by atomic mass is 9.97. The molecule has 104 valence electrons. The lowest BCUT2D eigenvalue weighted by molar-refractivity contribution is 0.319. The standard InChI is InChI=1S/C11H16N4O3S/c1-11(2,3)9-13-8(14-18-9)7-19(16,17)10-12-5-6-15(10)4/h5-6H,7H2,1-4H3. The van der Waals surface area contributed by atoms with Gasteiger partial charge in [0.25, 0.3) is 0 Å². The zero-order valence-electron chi connectivity index (χ0n) is 11.3. The molecule has 0 fully saturated rings. The minimum atomic E-state index is -3.57. The monoisotopic (exact) mass is 284 g/mol. The molecule has 0 bridgehead atoms. The Kier molecular flexibility index (Phi) is 3.21. The summed E-state index contributed by atoms with van der Waals surface area (Å²) in [6.07, 6.45) is 3.01. The quantitative estimate of drug-likeness (QED) is 0.837. The topological polar surface area (TPSA) is 90.9 Å². The summed E-state index contributed by atoms with van der Waals surface area (Å²) >= 11 is 0.